The van der Waals surface area contributed by atoms with Gasteiger partial charge in [0.25, 0.3) is 0 Å². The Kier molecular flexibility index (Phi) is 7.38. The normalized spacial score (nSPS) is 15.4. The monoisotopic (exact) mass is 443 g/mol. The van der Waals surface area contributed by atoms with Crippen molar-refractivity contribution in [2.45, 2.75) is 39.3 Å². The maximum atomic E-state index is 12.9. The van der Waals surface area contributed by atoms with E-state index in [0.29, 0.717) is 10.7 Å². The molecule has 31 heavy (non-hydrogen) atoms. The molecule has 0 spiro atoms. The van der Waals surface area contributed by atoms with Gasteiger partial charge in [-0.05, 0) is 57.5 Å². The van der Waals surface area contributed by atoms with Crippen molar-refractivity contribution in [2.24, 2.45) is 5.11 Å². The van der Waals surface area contributed by atoms with E-state index in [-0.39, 0.29) is 18.3 Å². The van der Waals surface area contributed by atoms with Crippen molar-refractivity contribution in [3.05, 3.63) is 58.1 Å². The maximum absolute atomic E-state index is 12.9. The molecule has 9 heteroatoms. The standard InChI is InChI=1S/C22H28ClN6O2/c1-5-31-22(30)19-20(18(26-27-24)15-6-8-17(23)9-7-15)29(14(2)3)21(25-19)16-10-12-28(4)13-11-16/h6-10,14,18,24H,5,11-13H2,1-4H3/q+1. The first kappa shape index (κ1) is 22.9. The predicted octanol–water partition coefficient (Wildman–Crippen LogP) is 4.65. The third-order valence-corrected chi connectivity index (χ3v) is 5.50. The number of likely N-dealkylation sites (N-methyl/N-ethyl adjacent to an activating group) is 1. The number of benzene rings is 1. The SMILES string of the molecule is CCOC(=O)c1nc(C2=CCN(C)CC2)n(C(C)C)c1C(N=[N+]=N)c1ccc(Cl)cc1. The Bertz CT molecular complexity index is 1020. The van der Waals surface area contributed by atoms with Crippen molar-refractivity contribution >= 4 is 23.1 Å². The van der Waals surface area contributed by atoms with E-state index >= 15 is 0 Å². The molecule has 0 saturated heterocycles. The number of imidazole rings is 1. The van der Waals surface area contributed by atoms with Crippen LogP contribution in [0, 0.1) is 5.53 Å². The lowest BCUT2D eigenvalue weighted by Gasteiger charge is -2.24. The van der Waals surface area contributed by atoms with Gasteiger partial charge in [0, 0.05) is 24.2 Å². The maximum Gasteiger partial charge on any atom is 0.358 e. The minimum absolute atomic E-state index is 0.00281. The van der Waals surface area contributed by atoms with Crippen molar-refractivity contribution < 1.29 is 9.53 Å². The van der Waals surface area contributed by atoms with Crippen molar-refractivity contribution in [1.82, 2.24) is 19.4 Å². The summed E-state index contributed by atoms with van der Waals surface area (Å²) in [6.45, 7) is 7.80. The number of carbonyl (C=O) groups excluding carboxylic acids is 1. The van der Waals surface area contributed by atoms with Gasteiger partial charge in [0.15, 0.2) is 5.69 Å². The highest BCUT2D eigenvalue weighted by molar-refractivity contribution is 6.30. The molecule has 3 rings (SSSR count). The molecule has 1 aromatic carbocycles. The van der Waals surface area contributed by atoms with Gasteiger partial charge in [-0.25, -0.2) is 9.78 Å². The first-order valence-corrected chi connectivity index (χ1v) is 10.7. The number of halogens is 1. The smallest absolute Gasteiger partial charge is 0.358 e. The second kappa shape index (κ2) is 10.0. The zero-order valence-corrected chi connectivity index (χ0v) is 19.1. The fourth-order valence-electron chi connectivity index (χ4n) is 3.76. The van der Waals surface area contributed by atoms with Crippen LogP contribution in [-0.4, -0.2) is 47.2 Å². The van der Waals surface area contributed by atoms with E-state index in [1.807, 2.05) is 30.5 Å². The van der Waals surface area contributed by atoms with E-state index in [1.165, 1.54) is 0 Å². The number of ether oxygens (including phenoxy) is 1. The molecule has 8 nitrogen and oxygen atoms in total. The summed E-state index contributed by atoms with van der Waals surface area (Å²) in [6.07, 6.45) is 2.97. The number of nitrogens with zero attached hydrogens (tertiary/aromatic N) is 5. The molecule has 0 amide bonds. The van der Waals surface area contributed by atoms with Crippen LogP contribution in [0.15, 0.2) is 35.5 Å². The highest BCUT2D eigenvalue weighted by Gasteiger charge is 2.35. The van der Waals surface area contributed by atoms with E-state index in [0.717, 1.165) is 36.5 Å². The Morgan fingerprint density at radius 3 is 2.61 bits per heavy atom. The number of carbonyl (C=O) groups is 1. The van der Waals surface area contributed by atoms with Crippen molar-refractivity contribution in [1.29, 1.82) is 5.53 Å². The number of nitrogens with one attached hydrogen (secondary N) is 1. The van der Waals surface area contributed by atoms with Crippen LogP contribution in [0.2, 0.25) is 5.02 Å². The Morgan fingerprint density at radius 1 is 1.35 bits per heavy atom. The first-order valence-electron chi connectivity index (χ1n) is 10.4. The summed E-state index contributed by atoms with van der Waals surface area (Å²) in [4.78, 5) is 23.2. The lowest BCUT2D eigenvalue weighted by molar-refractivity contribution is 0.0518. The first-order chi connectivity index (χ1) is 14.9. The van der Waals surface area contributed by atoms with Gasteiger partial charge in [0.1, 0.15) is 16.5 Å². The molecular weight excluding hydrogens is 416 g/mol. The molecule has 0 aliphatic carbocycles. The average Bonchev–Trinajstić information content (AvgIpc) is 3.14. The second-order valence-corrected chi connectivity index (χ2v) is 8.20. The summed E-state index contributed by atoms with van der Waals surface area (Å²) in [5.74, 6) is 0.228. The van der Waals surface area contributed by atoms with Crippen LogP contribution in [0.25, 0.3) is 5.57 Å². The van der Waals surface area contributed by atoms with Gasteiger partial charge in [-0.2, -0.15) is 0 Å². The largest absolute Gasteiger partial charge is 0.461 e. The Morgan fingerprint density at radius 2 is 2.06 bits per heavy atom. The molecule has 1 atom stereocenters. The molecule has 2 aromatic rings. The zero-order valence-electron chi connectivity index (χ0n) is 18.3. The Labute approximate surface area is 187 Å². The molecule has 0 fully saturated rings. The van der Waals surface area contributed by atoms with Gasteiger partial charge < -0.3 is 14.2 Å². The lowest BCUT2D eigenvalue weighted by atomic mass is 10.0. The van der Waals surface area contributed by atoms with Gasteiger partial charge in [-0.3, -0.25) is 0 Å². The van der Waals surface area contributed by atoms with Crippen LogP contribution in [0.4, 0.5) is 0 Å². The summed E-state index contributed by atoms with van der Waals surface area (Å²) < 4.78 is 7.35. The van der Waals surface area contributed by atoms with E-state index in [1.54, 1.807) is 19.1 Å². The van der Waals surface area contributed by atoms with Gasteiger partial charge in [0.2, 0.25) is 11.0 Å². The molecule has 1 aliphatic rings. The quantitative estimate of drug-likeness (QED) is 0.382. The predicted molar refractivity (Wildman–Crippen MR) is 119 cm³/mol. The van der Waals surface area contributed by atoms with Gasteiger partial charge in [0.05, 0.1) is 12.3 Å². The topological polar surface area (TPSA) is 97.7 Å². The molecule has 1 N–H and O–H groups in total. The molecule has 2 heterocycles. The number of esters is 1. The number of hydrogen-bond acceptors (Lipinski definition) is 6. The third-order valence-electron chi connectivity index (χ3n) is 5.25. The highest BCUT2D eigenvalue weighted by Crippen LogP contribution is 2.35. The third kappa shape index (κ3) is 4.93. The molecule has 0 bridgehead atoms. The van der Waals surface area contributed by atoms with E-state index in [2.05, 4.69) is 28.0 Å². The molecule has 0 radical (unpaired) electrons. The highest BCUT2D eigenvalue weighted by atomic mass is 35.5. The van der Waals surface area contributed by atoms with Crippen molar-refractivity contribution in [2.75, 3.05) is 26.7 Å². The summed E-state index contributed by atoms with van der Waals surface area (Å²) in [6, 6.07) is 6.46. The lowest BCUT2D eigenvalue weighted by Crippen LogP contribution is -2.25. The van der Waals surface area contributed by atoms with Crippen LogP contribution in [-0.2, 0) is 4.74 Å². The van der Waals surface area contributed by atoms with Crippen LogP contribution in [0.1, 0.15) is 66.8 Å². The minimum atomic E-state index is -0.690. The Hall–Kier alpha value is -2.80. The average molecular weight is 444 g/mol. The number of rotatable bonds is 7. The van der Waals surface area contributed by atoms with Gasteiger partial charge in [-0.1, -0.05) is 29.8 Å². The molecule has 164 valence electrons. The molecule has 0 saturated carbocycles. The van der Waals surface area contributed by atoms with E-state index < -0.39 is 12.0 Å². The molecule has 1 aromatic heterocycles. The molecule has 1 unspecified atom stereocenters. The van der Waals surface area contributed by atoms with Crippen LogP contribution in [0.3, 0.4) is 0 Å². The minimum Gasteiger partial charge on any atom is -0.461 e. The Balaban J connectivity index is 2.27. The van der Waals surface area contributed by atoms with Gasteiger partial charge in [-0.15, -0.1) is 0 Å². The van der Waals surface area contributed by atoms with Gasteiger partial charge >= 0.3 is 5.97 Å². The number of hydrogen-bond donors (Lipinski definition) is 1. The summed E-state index contributed by atoms with van der Waals surface area (Å²) in [5.41, 5.74) is 10.0. The summed E-state index contributed by atoms with van der Waals surface area (Å²) in [7, 11) is 2.07. The summed E-state index contributed by atoms with van der Waals surface area (Å²) >= 11 is 6.07. The fraction of sp³-hybridized carbons (Fsp3) is 0.455. The van der Waals surface area contributed by atoms with Crippen LogP contribution < -0.4 is 4.91 Å². The zero-order chi connectivity index (χ0) is 22.5. The van der Waals surface area contributed by atoms with Crippen molar-refractivity contribution in [3.8, 4) is 0 Å². The molecular formula is C22H28ClN6O2+. The summed E-state index contributed by atoms with van der Waals surface area (Å²) in [5, 5.41) is 4.75. The fourth-order valence-corrected chi connectivity index (χ4v) is 3.89. The second-order valence-electron chi connectivity index (χ2n) is 7.76. The van der Waals surface area contributed by atoms with E-state index in [4.69, 9.17) is 26.9 Å². The van der Waals surface area contributed by atoms with Crippen molar-refractivity contribution in [3.63, 3.8) is 0 Å². The van der Waals surface area contributed by atoms with Crippen LogP contribution in [0.5, 0.6) is 0 Å². The number of aromatic nitrogens is 2. The molecule has 1 aliphatic heterocycles. The van der Waals surface area contributed by atoms with Crippen LogP contribution >= 0.6 is 11.6 Å². The van der Waals surface area contributed by atoms with E-state index in [9.17, 15) is 4.79 Å².